The van der Waals surface area contributed by atoms with Gasteiger partial charge in [-0.15, -0.1) is 0 Å². The Labute approximate surface area is 143 Å². The molecule has 0 saturated heterocycles. The van der Waals surface area contributed by atoms with Gasteiger partial charge in [-0.05, 0) is 36.4 Å². The van der Waals surface area contributed by atoms with Crippen molar-refractivity contribution in [1.29, 1.82) is 5.41 Å². The Balaban J connectivity index is 2.40. The van der Waals surface area contributed by atoms with Crippen LogP contribution >= 0.6 is 27.5 Å². The minimum absolute atomic E-state index is 0.00365. The van der Waals surface area contributed by atoms with Crippen LogP contribution in [0.3, 0.4) is 0 Å². The SMILES string of the molecule is N=C(OC(O)(c1cccc(Cl)c1)C(F)(F)F)c1ccc(Br)cc1. The summed E-state index contributed by atoms with van der Waals surface area (Å²) in [6.45, 7) is 0. The highest BCUT2D eigenvalue weighted by molar-refractivity contribution is 9.10. The fourth-order valence-electron chi connectivity index (χ4n) is 1.79. The molecule has 0 aromatic heterocycles. The Kier molecular flexibility index (Phi) is 5.03. The molecule has 0 amide bonds. The maximum atomic E-state index is 13.3. The van der Waals surface area contributed by atoms with Gasteiger partial charge in [0.05, 0.1) is 0 Å². The Bertz CT molecular complexity index is 721. The summed E-state index contributed by atoms with van der Waals surface area (Å²) in [4.78, 5) is 0. The minimum Gasteiger partial charge on any atom is -0.432 e. The Morgan fingerprint density at radius 2 is 1.74 bits per heavy atom. The van der Waals surface area contributed by atoms with Crippen molar-refractivity contribution in [3.8, 4) is 0 Å². The van der Waals surface area contributed by atoms with Crippen LogP contribution in [0.2, 0.25) is 5.02 Å². The molecule has 1 unspecified atom stereocenters. The summed E-state index contributed by atoms with van der Waals surface area (Å²) in [5.41, 5.74) is -0.530. The monoisotopic (exact) mass is 407 g/mol. The zero-order valence-corrected chi connectivity index (χ0v) is 13.7. The summed E-state index contributed by atoms with van der Waals surface area (Å²) in [5, 5.41) is 17.8. The third kappa shape index (κ3) is 3.85. The topological polar surface area (TPSA) is 53.3 Å². The van der Waals surface area contributed by atoms with E-state index in [-0.39, 0.29) is 10.6 Å². The van der Waals surface area contributed by atoms with Gasteiger partial charge in [-0.25, -0.2) is 0 Å². The molecule has 0 aliphatic heterocycles. The first-order valence-corrected chi connectivity index (χ1v) is 7.39. The number of ether oxygens (including phenoxy) is 1. The third-order valence-electron chi connectivity index (χ3n) is 2.96. The van der Waals surface area contributed by atoms with E-state index in [2.05, 4.69) is 20.7 Å². The van der Waals surface area contributed by atoms with E-state index >= 15 is 0 Å². The van der Waals surface area contributed by atoms with Crippen LogP contribution in [0.25, 0.3) is 0 Å². The smallest absolute Gasteiger partial charge is 0.432 e. The third-order valence-corrected chi connectivity index (χ3v) is 3.72. The van der Waals surface area contributed by atoms with Gasteiger partial charge in [-0.2, -0.15) is 13.2 Å². The predicted octanol–water partition coefficient (Wildman–Crippen LogP) is 4.85. The van der Waals surface area contributed by atoms with Crippen LogP contribution in [-0.4, -0.2) is 17.2 Å². The van der Waals surface area contributed by atoms with Crippen molar-refractivity contribution in [3.05, 3.63) is 69.2 Å². The summed E-state index contributed by atoms with van der Waals surface area (Å²) in [6, 6.07) is 10.4. The van der Waals surface area contributed by atoms with Crippen molar-refractivity contribution < 1.29 is 23.0 Å². The number of benzene rings is 2. The predicted molar refractivity (Wildman–Crippen MR) is 83.5 cm³/mol. The van der Waals surface area contributed by atoms with E-state index in [9.17, 15) is 18.3 Å². The van der Waals surface area contributed by atoms with Gasteiger partial charge >= 0.3 is 12.0 Å². The molecule has 0 aliphatic carbocycles. The summed E-state index contributed by atoms with van der Waals surface area (Å²) >= 11 is 8.86. The van der Waals surface area contributed by atoms with Crippen LogP contribution < -0.4 is 0 Å². The average Bonchev–Trinajstić information content (AvgIpc) is 2.46. The van der Waals surface area contributed by atoms with Crippen LogP contribution in [0.5, 0.6) is 0 Å². The molecule has 0 spiro atoms. The van der Waals surface area contributed by atoms with E-state index in [1.54, 1.807) is 12.1 Å². The fourth-order valence-corrected chi connectivity index (χ4v) is 2.24. The van der Waals surface area contributed by atoms with E-state index in [4.69, 9.17) is 17.0 Å². The van der Waals surface area contributed by atoms with Gasteiger partial charge in [-0.1, -0.05) is 39.7 Å². The summed E-state index contributed by atoms with van der Waals surface area (Å²) < 4.78 is 45.3. The van der Waals surface area contributed by atoms with E-state index in [0.717, 1.165) is 12.1 Å². The molecule has 0 aliphatic rings. The van der Waals surface area contributed by atoms with Crippen molar-refractivity contribution in [2.75, 3.05) is 0 Å². The molecule has 0 radical (unpaired) electrons. The quantitative estimate of drug-likeness (QED) is 0.433. The first-order chi connectivity index (χ1) is 10.6. The second-order valence-electron chi connectivity index (χ2n) is 4.59. The van der Waals surface area contributed by atoms with Crippen molar-refractivity contribution in [2.45, 2.75) is 12.0 Å². The van der Waals surface area contributed by atoms with Gasteiger partial charge in [0.1, 0.15) is 0 Å². The van der Waals surface area contributed by atoms with Crippen LogP contribution in [0.4, 0.5) is 13.2 Å². The van der Waals surface area contributed by atoms with Crippen molar-refractivity contribution in [2.24, 2.45) is 0 Å². The lowest BCUT2D eigenvalue weighted by Gasteiger charge is -2.31. The summed E-state index contributed by atoms with van der Waals surface area (Å²) in [5.74, 6) is -4.50. The van der Waals surface area contributed by atoms with Crippen LogP contribution in [0.15, 0.2) is 53.0 Å². The number of rotatable bonds is 3. The maximum Gasteiger partial charge on any atom is 0.460 e. The number of hydrogen-bond donors (Lipinski definition) is 2. The Morgan fingerprint density at radius 3 is 2.26 bits per heavy atom. The molecule has 1 atom stereocenters. The molecular weight excluding hydrogens is 399 g/mol. The van der Waals surface area contributed by atoms with Crippen molar-refractivity contribution >= 4 is 33.4 Å². The molecule has 2 aromatic carbocycles. The van der Waals surface area contributed by atoms with Gasteiger partial charge in [-0.3, -0.25) is 5.41 Å². The van der Waals surface area contributed by atoms with E-state index in [1.165, 1.54) is 24.3 Å². The number of hydrogen-bond acceptors (Lipinski definition) is 3. The molecule has 8 heteroatoms. The first kappa shape index (κ1) is 17.8. The molecule has 0 fully saturated rings. The van der Waals surface area contributed by atoms with Crippen molar-refractivity contribution in [3.63, 3.8) is 0 Å². The highest BCUT2D eigenvalue weighted by Crippen LogP contribution is 2.41. The summed E-state index contributed by atoms with van der Waals surface area (Å²) in [7, 11) is 0. The molecule has 2 aromatic rings. The number of nitrogens with one attached hydrogen (secondary N) is 1. The zero-order chi connectivity index (χ0) is 17.3. The number of halogens is 5. The molecule has 122 valence electrons. The summed E-state index contributed by atoms with van der Waals surface area (Å²) in [6.07, 6.45) is -5.17. The van der Waals surface area contributed by atoms with Gasteiger partial charge in [0.15, 0.2) is 0 Å². The van der Waals surface area contributed by atoms with Crippen LogP contribution in [0, 0.1) is 5.41 Å². The van der Waals surface area contributed by atoms with E-state index < -0.39 is 23.4 Å². The molecule has 2 N–H and O–H groups in total. The van der Waals surface area contributed by atoms with Gasteiger partial charge in [0.25, 0.3) is 0 Å². The minimum atomic E-state index is -5.17. The molecule has 23 heavy (non-hydrogen) atoms. The lowest BCUT2D eigenvalue weighted by Crippen LogP contribution is -2.46. The average molecular weight is 409 g/mol. The standard InChI is InChI=1S/C15H10BrClF3NO2/c16-11-6-4-9(5-7-11)13(21)23-14(22,15(18,19)20)10-2-1-3-12(17)8-10/h1-8,21-22H. The van der Waals surface area contributed by atoms with Crippen LogP contribution in [-0.2, 0) is 10.5 Å². The highest BCUT2D eigenvalue weighted by Gasteiger charge is 2.58. The second-order valence-corrected chi connectivity index (χ2v) is 5.94. The largest absolute Gasteiger partial charge is 0.460 e. The molecule has 3 nitrogen and oxygen atoms in total. The van der Waals surface area contributed by atoms with Crippen LogP contribution in [0.1, 0.15) is 11.1 Å². The van der Waals surface area contributed by atoms with Gasteiger partial charge in [0.2, 0.25) is 5.90 Å². The zero-order valence-electron chi connectivity index (χ0n) is 11.4. The Morgan fingerprint density at radius 1 is 1.13 bits per heavy atom. The normalized spacial score (nSPS) is 14.2. The fraction of sp³-hybridized carbons (Fsp3) is 0.133. The highest BCUT2D eigenvalue weighted by atomic mass is 79.9. The van der Waals surface area contributed by atoms with Crippen molar-refractivity contribution in [1.82, 2.24) is 0 Å². The lowest BCUT2D eigenvalue weighted by molar-refractivity contribution is -0.350. The molecule has 0 saturated carbocycles. The maximum absolute atomic E-state index is 13.3. The lowest BCUT2D eigenvalue weighted by atomic mass is 10.1. The van der Waals surface area contributed by atoms with E-state index in [1.807, 2.05) is 0 Å². The molecular formula is C15H10BrClF3NO2. The molecule has 2 rings (SSSR count). The van der Waals surface area contributed by atoms with E-state index in [0.29, 0.717) is 4.47 Å². The molecule has 0 heterocycles. The van der Waals surface area contributed by atoms with Gasteiger partial charge in [0, 0.05) is 20.6 Å². The first-order valence-electron chi connectivity index (χ1n) is 6.22. The number of alkyl halides is 3. The second kappa shape index (κ2) is 6.51. The van der Waals surface area contributed by atoms with Gasteiger partial charge < -0.3 is 9.84 Å². The Hall–Kier alpha value is -1.57. The molecule has 0 bridgehead atoms. The number of aliphatic hydroxyl groups is 1.